The Morgan fingerprint density at radius 1 is 1.08 bits per heavy atom. The van der Waals surface area contributed by atoms with Crippen LogP contribution in [0.15, 0.2) is 83.4 Å². The van der Waals surface area contributed by atoms with Crippen LogP contribution in [0.1, 0.15) is 29.1 Å². The van der Waals surface area contributed by atoms with Gasteiger partial charge in [0.1, 0.15) is 17.6 Å². The van der Waals surface area contributed by atoms with Crippen molar-refractivity contribution in [3.05, 3.63) is 101 Å². The molecule has 2 N–H and O–H groups in total. The summed E-state index contributed by atoms with van der Waals surface area (Å²) >= 11 is 12.0. The normalized spacial score (nSPS) is 17.8. The van der Waals surface area contributed by atoms with Crippen LogP contribution >= 0.6 is 23.8 Å². The number of nitrogens with one attached hydrogen (secondary N) is 2. The van der Waals surface area contributed by atoms with Crippen LogP contribution in [-0.2, 0) is 10.0 Å². The molecule has 3 heterocycles. The molecule has 5 rings (SSSR count). The van der Waals surface area contributed by atoms with E-state index in [2.05, 4.69) is 15.0 Å². The highest BCUT2D eigenvalue weighted by molar-refractivity contribution is 7.92. The third-order valence-corrected chi connectivity index (χ3v) is 7.09. The van der Waals surface area contributed by atoms with E-state index in [0.717, 1.165) is 28.8 Å². The Balaban J connectivity index is 1.57. The summed E-state index contributed by atoms with van der Waals surface area (Å²) in [5.74, 6) is 1.40. The van der Waals surface area contributed by atoms with Crippen LogP contribution in [0, 0.1) is 6.92 Å². The van der Waals surface area contributed by atoms with E-state index in [-0.39, 0.29) is 12.1 Å². The maximum absolute atomic E-state index is 11.6. The lowest BCUT2D eigenvalue weighted by atomic mass is 10.0. The summed E-state index contributed by atoms with van der Waals surface area (Å²) in [7, 11) is -3.38. The summed E-state index contributed by atoms with van der Waals surface area (Å²) in [6, 6.07) is 21.7. The third-order valence-electron chi connectivity index (χ3n) is 5.93. The molecule has 4 aromatic rings. The van der Waals surface area contributed by atoms with E-state index in [0.29, 0.717) is 27.3 Å². The van der Waals surface area contributed by atoms with Gasteiger partial charge >= 0.3 is 0 Å². The second kappa shape index (κ2) is 9.57. The first-order valence-corrected chi connectivity index (χ1v) is 13.8. The SMILES string of the molecule is Cc1ccc(Cl)cc1-c1ccc([C@H]2[C@H](c3ccccn3)NC(=S)N2c2ccc(NS(C)(=O)=O)cc2)o1. The number of anilines is 2. The highest BCUT2D eigenvalue weighted by atomic mass is 35.5. The molecule has 0 unspecified atom stereocenters. The minimum absolute atomic E-state index is 0.271. The molecule has 0 aliphatic carbocycles. The fourth-order valence-electron chi connectivity index (χ4n) is 4.34. The molecule has 1 fully saturated rings. The summed E-state index contributed by atoms with van der Waals surface area (Å²) in [6.07, 6.45) is 2.86. The first-order valence-electron chi connectivity index (χ1n) is 11.1. The Morgan fingerprint density at radius 3 is 2.56 bits per heavy atom. The smallest absolute Gasteiger partial charge is 0.229 e. The van der Waals surface area contributed by atoms with E-state index in [1.54, 1.807) is 18.3 Å². The van der Waals surface area contributed by atoms with Crippen molar-refractivity contribution in [3.63, 3.8) is 0 Å². The Kier molecular flexibility index (Phi) is 6.46. The van der Waals surface area contributed by atoms with Crippen molar-refractivity contribution in [1.29, 1.82) is 0 Å². The van der Waals surface area contributed by atoms with Crippen molar-refractivity contribution < 1.29 is 12.8 Å². The molecule has 7 nitrogen and oxygen atoms in total. The van der Waals surface area contributed by atoms with Crippen LogP contribution < -0.4 is 14.9 Å². The maximum Gasteiger partial charge on any atom is 0.229 e. The van der Waals surface area contributed by atoms with Crippen LogP contribution in [0.5, 0.6) is 0 Å². The maximum atomic E-state index is 11.6. The molecule has 0 radical (unpaired) electrons. The van der Waals surface area contributed by atoms with Crippen molar-refractivity contribution in [3.8, 4) is 11.3 Å². The third kappa shape index (κ3) is 4.95. The number of benzene rings is 2. The molecule has 184 valence electrons. The number of halogens is 1. The van der Waals surface area contributed by atoms with Gasteiger partial charge in [0.25, 0.3) is 0 Å². The van der Waals surface area contributed by atoms with Crippen molar-refractivity contribution in [1.82, 2.24) is 10.3 Å². The zero-order valence-electron chi connectivity index (χ0n) is 19.5. The van der Waals surface area contributed by atoms with Crippen molar-refractivity contribution in [2.45, 2.75) is 19.0 Å². The number of hydrogen-bond donors (Lipinski definition) is 2. The highest BCUT2D eigenvalue weighted by Gasteiger charge is 2.42. The van der Waals surface area contributed by atoms with E-state index in [4.69, 9.17) is 28.2 Å². The molecule has 10 heteroatoms. The van der Waals surface area contributed by atoms with E-state index in [1.807, 2.05) is 72.5 Å². The Hall–Kier alpha value is -3.40. The van der Waals surface area contributed by atoms with E-state index in [1.165, 1.54) is 0 Å². The average molecular weight is 539 g/mol. The number of aryl methyl sites for hydroxylation is 1. The lowest BCUT2D eigenvalue weighted by Gasteiger charge is -2.26. The van der Waals surface area contributed by atoms with Gasteiger partial charge in [-0.1, -0.05) is 23.7 Å². The lowest BCUT2D eigenvalue weighted by Crippen LogP contribution is -2.29. The number of rotatable bonds is 6. The fraction of sp³-hybridized carbons (Fsp3) is 0.154. The molecular weight excluding hydrogens is 516 g/mol. The molecule has 0 saturated carbocycles. The van der Waals surface area contributed by atoms with Gasteiger partial charge in [0.2, 0.25) is 10.0 Å². The first kappa shape index (κ1) is 24.3. The van der Waals surface area contributed by atoms with Gasteiger partial charge in [-0.05, 0) is 85.4 Å². The van der Waals surface area contributed by atoms with Crippen LogP contribution in [0.3, 0.4) is 0 Å². The largest absolute Gasteiger partial charge is 0.459 e. The van der Waals surface area contributed by atoms with Crippen LogP contribution in [0.4, 0.5) is 11.4 Å². The van der Waals surface area contributed by atoms with Gasteiger partial charge in [-0.15, -0.1) is 0 Å². The number of aromatic nitrogens is 1. The highest BCUT2D eigenvalue weighted by Crippen LogP contribution is 2.43. The number of furan rings is 1. The standard InChI is InChI=1S/C26H23ClN4O3S2/c1-16-6-7-17(27)15-20(16)22-12-13-23(34-22)25-24(21-5-3-4-14-28-21)29-26(35)31(25)19-10-8-18(9-11-19)30-36(2,32)33/h3-15,24-25,30H,1-2H3,(H,29,35)/t24-,25-/m0/s1. The molecule has 0 bridgehead atoms. The van der Waals surface area contributed by atoms with E-state index >= 15 is 0 Å². The monoisotopic (exact) mass is 538 g/mol. The van der Waals surface area contributed by atoms with E-state index < -0.39 is 10.0 Å². The van der Waals surface area contributed by atoms with E-state index in [9.17, 15) is 8.42 Å². The zero-order valence-corrected chi connectivity index (χ0v) is 21.9. The zero-order chi connectivity index (χ0) is 25.4. The Bertz CT molecular complexity index is 1520. The molecule has 2 aromatic carbocycles. The molecule has 0 amide bonds. The second-order valence-corrected chi connectivity index (χ2v) is 11.2. The molecule has 1 aliphatic heterocycles. The second-order valence-electron chi connectivity index (χ2n) is 8.58. The topological polar surface area (TPSA) is 87.5 Å². The lowest BCUT2D eigenvalue weighted by molar-refractivity contribution is 0.439. The summed E-state index contributed by atoms with van der Waals surface area (Å²) in [6.45, 7) is 2.01. The summed E-state index contributed by atoms with van der Waals surface area (Å²) in [4.78, 5) is 6.52. The van der Waals surface area contributed by atoms with Gasteiger partial charge in [-0.3, -0.25) is 9.71 Å². The van der Waals surface area contributed by atoms with Crippen molar-refractivity contribution in [2.75, 3.05) is 15.9 Å². The minimum atomic E-state index is -3.38. The quantitative estimate of drug-likeness (QED) is 0.298. The Morgan fingerprint density at radius 2 is 1.86 bits per heavy atom. The first-order chi connectivity index (χ1) is 17.2. The molecule has 0 spiro atoms. The number of sulfonamides is 1. The number of nitrogens with zero attached hydrogens (tertiary/aromatic N) is 2. The predicted octanol–water partition coefficient (Wildman–Crippen LogP) is 5.85. The number of pyridine rings is 1. The number of hydrogen-bond acceptors (Lipinski definition) is 5. The van der Waals surface area contributed by atoms with Gasteiger partial charge in [-0.2, -0.15) is 0 Å². The van der Waals surface area contributed by atoms with Crippen molar-refractivity contribution >= 4 is 50.3 Å². The molecule has 1 aliphatic rings. The summed E-state index contributed by atoms with van der Waals surface area (Å²) in [5, 5.41) is 4.53. The predicted molar refractivity (Wildman–Crippen MR) is 147 cm³/mol. The molecule has 2 atom stereocenters. The van der Waals surface area contributed by atoms with Gasteiger partial charge in [-0.25, -0.2) is 8.42 Å². The van der Waals surface area contributed by atoms with Gasteiger partial charge in [0, 0.05) is 28.2 Å². The average Bonchev–Trinajstić information content (AvgIpc) is 3.45. The molecule has 2 aromatic heterocycles. The summed E-state index contributed by atoms with van der Waals surface area (Å²) < 4.78 is 32.1. The minimum Gasteiger partial charge on any atom is -0.459 e. The fourth-order valence-corrected chi connectivity index (χ4v) is 5.42. The Labute approximate surface area is 220 Å². The van der Waals surface area contributed by atoms with Crippen LogP contribution in [0.25, 0.3) is 11.3 Å². The molecule has 1 saturated heterocycles. The van der Waals surface area contributed by atoms with Crippen molar-refractivity contribution in [2.24, 2.45) is 0 Å². The van der Waals surface area contributed by atoms with Crippen LogP contribution in [-0.4, -0.2) is 24.8 Å². The molecule has 36 heavy (non-hydrogen) atoms. The van der Waals surface area contributed by atoms with Gasteiger partial charge in [0.05, 0.1) is 18.0 Å². The summed E-state index contributed by atoms with van der Waals surface area (Å²) in [5.41, 5.74) is 4.03. The van der Waals surface area contributed by atoms with Crippen LogP contribution in [0.2, 0.25) is 5.02 Å². The molecular formula is C26H23ClN4O3S2. The number of thiocarbonyl (C=S) groups is 1. The van der Waals surface area contributed by atoms with Gasteiger partial charge in [0.15, 0.2) is 5.11 Å². The van der Waals surface area contributed by atoms with Gasteiger partial charge < -0.3 is 14.6 Å².